The van der Waals surface area contributed by atoms with Gasteiger partial charge in [-0.25, -0.2) is 13.2 Å². The lowest BCUT2D eigenvalue weighted by atomic mass is 9.78. The van der Waals surface area contributed by atoms with Crippen molar-refractivity contribution >= 4 is 39.1 Å². The molecule has 10 heteroatoms. The number of nitrogens with one attached hydrogen (secondary N) is 1. The van der Waals surface area contributed by atoms with Crippen molar-refractivity contribution in [1.29, 1.82) is 0 Å². The summed E-state index contributed by atoms with van der Waals surface area (Å²) in [5, 5.41) is 4.20. The molecule has 0 radical (unpaired) electrons. The maximum absolute atomic E-state index is 14.5. The lowest BCUT2D eigenvalue weighted by Gasteiger charge is -2.42. The number of hydrogen-bond acceptors (Lipinski definition) is 5. The van der Waals surface area contributed by atoms with E-state index in [1.54, 1.807) is 59.5 Å². The molecule has 2 amide bonds. The summed E-state index contributed by atoms with van der Waals surface area (Å²) >= 11 is 12.6. The van der Waals surface area contributed by atoms with Gasteiger partial charge in [0.2, 0.25) is 0 Å². The van der Waals surface area contributed by atoms with E-state index in [1.165, 1.54) is 0 Å². The number of rotatable bonds is 6. The van der Waals surface area contributed by atoms with Gasteiger partial charge in [-0.05, 0) is 79.6 Å². The van der Waals surface area contributed by atoms with Crippen LogP contribution in [0.25, 0.3) is 0 Å². The number of halogens is 2. The lowest BCUT2D eigenvalue weighted by molar-refractivity contribution is 0.0775. The Morgan fingerprint density at radius 1 is 1.00 bits per heavy atom. The number of nitrogens with zero attached hydrogens (tertiary/aromatic N) is 1. The molecule has 0 saturated carbocycles. The predicted octanol–water partition coefficient (Wildman–Crippen LogP) is 6.15. The molecule has 2 aliphatic heterocycles. The summed E-state index contributed by atoms with van der Waals surface area (Å²) in [6.45, 7) is 1.77. The van der Waals surface area contributed by atoms with Crippen LogP contribution in [-0.2, 0) is 32.3 Å². The summed E-state index contributed by atoms with van der Waals surface area (Å²) in [6, 6.07) is 18.8. The third-order valence-corrected chi connectivity index (χ3v) is 11.9. The molecule has 216 valence electrons. The second kappa shape index (κ2) is 11.5. The van der Waals surface area contributed by atoms with Crippen LogP contribution >= 0.6 is 23.2 Å². The molecule has 0 unspecified atom stereocenters. The van der Waals surface area contributed by atoms with E-state index < -0.39 is 20.6 Å². The Morgan fingerprint density at radius 3 is 2.46 bits per heavy atom. The Morgan fingerprint density at radius 2 is 1.73 bits per heavy atom. The van der Waals surface area contributed by atoms with Crippen molar-refractivity contribution in [3.8, 4) is 5.75 Å². The Hall–Kier alpha value is -2.78. The predicted molar refractivity (Wildman–Crippen MR) is 158 cm³/mol. The zero-order chi connectivity index (χ0) is 28.6. The van der Waals surface area contributed by atoms with Crippen molar-refractivity contribution in [2.45, 2.75) is 60.4 Å². The summed E-state index contributed by atoms with van der Waals surface area (Å²) in [5.41, 5.74) is 2.34. The van der Waals surface area contributed by atoms with Crippen LogP contribution in [0.4, 0.5) is 4.79 Å². The molecule has 2 fully saturated rings. The van der Waals surface area contributed by atoms with E-state index in [-0.39, 0.29) is 23.6 Å². The molecular weight excluding hydrogens is 583 g/mol. The molecule has 0 bridgehead atoms. The molecule has 3 aliphatic rings. The van der Waals surface area contributed by atoms with Crippen molar-refractivity contribution < 1.29 is 22.7 Å². The van der Waals surface area contributed by atoms with Gasteiger partial charge < -0.3 is 19.7 Å². The summed E-state index contributed by atoms with van der Waals surface area (Å²) in [7, 11) is -3.87. The van der Waals surface area contributed by atoms with E-state index in [9.17, 15) is 13.2 Å². The fraction of sp³-hybridized carbons (Fsp3) is 0.387. The third-order valence-electron chi connectivity index (χ3n) is 8.65. The zero-order valence-electron chi connectivity index (χ0n) is 22.5. The average molecular weight is 616 g/mol. The summed E-state index contributed by atoms with van der Waals surface area (Å²) < 4.78 is 39.3. The number of aryl methyl sites for hydroxylation is 1. The van der Waals surface area contributed by atoms with E-state index in [0.717, 1.165) is 24.0 Å². The second-order valence-electron chi connectivity index (χ2n) is 10.8. The van der Waals surface area contributed by atoms with Gasteiger partial charge in [0.05, 0.1) is 10.9 Å². The first-order valence-electron chi connectivity index (χ1n) is 13.9. The third kappa shape index (κ3) is 5.09. The molecule has 1 N–H and O–H groups in total. The van der Waals surface area contributed by atoms with Crippen molar-refractivity contribution in [2.75, 3.05) is 19.8 Å². The number of fused-ring (bicyclic) bond motifs is 3. The Labute approximate surface area is 250 Å². The fourth-order valence-electron chi connectivity index (χ4n) is 6.57. The minimum Gasteiger partial charge on any atom is -0.489 e. The van der Waals surface area contributed by atoms with E-state index in [4.69, 9.17) is 32.7 Å². The van der Waals surface area contributed by atoms with E-state index in [0.29, 0.717) is 60.4 Å². The highest BCUT2D eigenvalue weighted by Crippen LogP contribution is 2.53. The number of carbonyl (C=O) groups excluding carboxylic acids is 1. The number of benzene rings is 3. The topological polar surface area (TPSA) is 84.9 Å². The zero-order valence-corrected chi connectivity index (χ0v) is 24.9. The van der Waals surface area contributed by atoms with Crippen LogP contribution in [0.2, 0.25) is 10.0 Å². The molecule has 6 rings (SSSR count). The monoisotopic (exact) mass is 614 g/mol. The van der Waals surface area contributed by atoms with Gasteiger partial charge in [0.25, 0.3) is 0 Å². The highest BCUT2D eigenvalue weighted by atomic mass is 35.5. The van der Waals surface area contributed by atoms with Gasteiger partial charge in [0, 0.05) is 41.4 Å². The average Bonchev–Trinajstić information content (AvgIpc) is 3.40. The molecule has 0 spiro atoms. The first kappa shape index (κ1) is 28.3. The number of likely N-dealkylation sites (tertiary alicyclic amines) is 1. The van der Waals surface area contributed by atoms with E-state index in [2.05, 4.69) is 5.32 Å². The van der Waals surface area contributed by atoms with Gasteiger partial charge in [-0.1, -0.05) is 53.5 Å². The Balaban J connectivity index is 1.35. The van der Waals surface area contributed by atoms with Crippen molar-refractivity contribution in [1.82, 2.24) is 10.2 Å². The van der Waals surface area contributed by atoms with Gasteiger partial charge in [-0.2, -0.15) is 0 Å². The maximum Gasteiger partial charge on any atom is 0.317 e. The maximum atomic E-state index is 14.5. The first-order chi connectivity index (χ1) is 19.8. The number of hydrogen-bond donors (Lipinski definition) is 1. The highest BCUT2D eigenvalue weighted by Gasteiger charge is 2.61. The van der Waals surface area contributed by atoms with Crippen LogP contribution in [0.15, 0.2) is 71.6 Å². The molecule has 41 heavy (non-hydrogen) atoms. The molecule has 2 heterocycles. The van der Waals surface area contributed by atoms with Crippen LogP contribution in [0, 0.1) is 0 Å². The van der Waals surface area contributed by atoms with E-state index >= 15 is 0 Å². The van der Waals surface area contributed by atoms with Crippen LogP contribution in [0.5, 0.6) is 5.75 Å². The molecule has 1 aliphatic carbocycles. The number of urea groups is 1. The normalized spacial score (nSPS) is 22.6. The molecule has 2 saturated heterocycles. The van der Waals surface area contributed by atoms with Gasteiger partial charge >= 0.3 is 6.03 Å². The van der Waals surface area contributed by atoms with Crippen molar-refractivity contribution in [3.63, 3.8) is 0 Å². The molecule has 3 aromatic carbocycles. The molecular formula is C31H32Cl2N2O5S. The Bertz CT molecular complexity index is 1530. The minimum absolute atomic E-state index is 0.0270. The fourth-order valence-corrected chi connectivity index (χ4v) is 9.47. The van der Waals surface area contributed by atoms with Crippen LogP contribution in [-0.4, -0.2) is 51.2 Å². The van der Waals surface area contributed by atoms with Crippen LogP contribution < -0.4 is 10.1 Å². The highest BCUT2D eigenvalue weighted by molar-refractivity contribution is 7.92. The minimum atomic E-state index is -3.87. The number of carbonyl (C=O) groups is 1. The van der Waals surface area contributed by atoms with E-state index in [1.807, 2.05) is 12.1 Å². The molecule has 0 aromatic heterocycles. The van der Waals surface area contributed by atoms with Crippen molar-refractivity contribution in [2.24, 2.45) is 0 Å². The largest absolute Gasteiger partial charge is 0.489 e. The van der Waals surface area contributed by atoms with Crippen LogP contribution in [0.1, 0.15) is 42.4 Å². The SMILES string of the molecule is O=C(NC1CCOCC1)N1CC[C@@]2(S(=O)(=O)c3ccccc3)c3ccc(OCc4c(Cl)cccc4Cl)cc3CC[C@@H]12. The lowest BCUT2D eigenvalue weighted by Crippen LogP contribution is -2.55. The van der Waals surface area contributed by atoms with Gasteiger partial charge in [0.15, 0.2) is 9.84 Å². The smallest absolute Gasteiger partial charge is 0.317 e. The van der Waals surface area contributed by atoms with Gasteiger partial charge in [0.1, 0.15) is 17.1 Å². The van der Waals surface area contributed by atoms with Crippen molar-refractivity contribution in [3.05, 3.63) is 93.5 Å². The standard InChI is InChI=1S/C31H32Cl2N2O5S/c32-27-7-4-8-28(33)25(27)20-40-23-10-11-26-21(19-23)9-12-29-31(26,41(37,38)24-5-2-1-3-6-24)15-16-35(29)30(36)34-22-13-17-39-18-14-22/h1-8,10-11,19,22,29H,9,12-18,20H2,(H,34,36)/t29-,31-/m1/s1. The van der Waals surface area contributed by atoms with Gasteiger partial charge in [-0.3, -0.25) is 0 Å². The first-order valence-corrected chi connectivity index (χ1v) is 16.2. The number of ether oxygens (including phenoxy) is 2. The Kier molecular flexibility index (Phi) is 7.94. The quantitative estimate of drug-likeness (QED) is 0.360. The second-order valence-corrected chi connectivity index (χ2v) is 13.9. The molecule has 3 aromatic rings. The molecule has 7 nitrogen and oxygen atoms in total. The number of amides is 2. The number of sulfone groups is 1. The summed E-state index contributed by atoms with van der Waals surface area (Å²) in [4.78, 5) is 15.6. The van der Waals surface area contributed by atoms with Gasteiger partial charge in [-0.15, -0.1) is 0 Å². The summed E-state index contributed by atoms with van der Waals surface area (Å²) in [6.07, 6.45) is 2.97. The summed E-state index contributed by atoms with van der Waals surface area (Å²) in [5.74, 6) is 0.609. The molecule has 2 atom stereocenters. The van der Waals surface area contributed by atoms with Crippen LogP contribution in [0.3, 0.4) is 0 Å².